The Hall–Kier alpha value is -0.370. The third-order valence-corrected chi connectivity index (χ3v) is 3.67. The second kappa shape index (κ2) is 15.7. The van der Waals surface area contributed by atoms with E-state index in [4.69, 9.17) is 5.11 Å². The minimum atomic E-state index is -0.136. The number of unbranched alkanes of at least 4 members (excludes halogenated alkanes) is 12. The van der Waals surface area contributed by atoms with Gasteiger partial charge in [-0.1, -0.05) is 84.0 Å². The van der Waals surface area contributed by atoms with Crippen LogP contribution in [0, 0.1) is 6.61 Å². The van der Waals surface area contributed by atoms with Crippen molar-refractivity contribution in [2.45, 2.75) is 96.8 Å². The maximum atomic E-state index is 10.8. The van der Waals surface area contributed by atoms with E-state index in [1.54, 1.807) is 0 Å². The predicted molar refractivity (Wildman–Crippen MR) is 81.6 cm³/mol. The number of hydrogen-bond acceptors (Lipinski definition) is 2. The lowest BCUT2D eigenvalue weighted by Crippen LogP contribution is -1.96. The van der Waals surface area contributed by atoms with Crippen molar-refractivity contribution in [3.63, 3.8) is 0 Å². The standard InChI is InChI=1S/C17H33O2/c1-2-3-4-5-6-7-8-9-10-11-12-13-14-15-17(19)16-18/h16,18H,2-15H2,1H3. The molecule has 0 atom stereocenters. The minimum absolute atomic E-state index is 0.136. The van der Waals surface area contributed by atoms with Crippen molar-refractivity contribution in [2.75, 3.05) is 0 Å². The van der Waals surface area contributed by atoms with Gasteiger partial charge >= 0.3 is 0 Å². The maximum Gasteiger partial charge on any atom is 0.164 e. The van der Waals surface area contributed by atoms with Gasteiger partial charge in [-0.3, -0.25) is 4.79 Å². The zero-order chi connectivity index (χ0) is 14.2. The van der Waals surface area contributed by atoms with Gasteiger partial charge in [-0.2, -0.15) is 0 Å². The third kappa shape index (κ3) is 15.6. The topological polar surface area (TPSA) is 37.3 Å². The van der Waals surface area contributed by atoms with E-state index in [0.29, 0.717) is 13.0 Å². The molecule has 0 unspecified atom stereocenters. The van der Waals surface area contributed by atoms with Gasteiger partial charge in [0.1, 0.15) is 6.61 Å². The summed E-state index contributed by atoms with van der Waals surface area (Å²) in [5, 5.41) is 8.45. The van der Waals surface area contributed by atoms with Crippen molar-refractivity contribution >= 4 is 5.78 Å². The molecule has 0 aliphatic carbocycles. The first-order valence-corrected chi connectivity index (χ1v) is 8.31. The maximum absolute atomic E-state index is 10.8. The fourth-order valence-electron chi connectivity index (χ4n) is 2.38. The lowest BCUT2D eigenvalue weighted by Gasteiger charge is -2.02. The predicted octanol–water partition coefficient (Wildman–Crippen LogP) is 5.57. The van der Waals surface area contributed by atoms with E-state index in [2.05, 4.69) is 6.92 Å². The highest BCUT2D eigenvalue weighted by atomic mass is 16.3. The van der Waals surface area contributed by atoms with Gasteiger partial charge in [0.05, 0.1) is 0 Å². The highest BCUT2D eigenvalue weighted by Gasteiger charge is 1.99. The van der Waals surface area contributed by atoms with Gasteiger partial charge in [0.2, 0.25) is 0 Å². The number of rotatable bonds is 15. The molecule has 1 N–H and O–H groups in total. The van der Waals surface area contributed by atoms with Crippen molar-refractivity contribution in [2.24, 2.45) is 0 Å². The minimum Gasteiger partial charge on any atom is -0.382 e. The summed E-state index contributed by atoms with van der Waals surface area (Å²) in [6.45, 7) is 2.96. The first-order chi connectivity index (χ1) is 9.31. The molecule has 1 radical (unpaired) electrons. The van der Waals surface area contributed by atoms with E-state index in [0.717, 1.165) is 12.8 Å². The molecule has 0 saturated carbocycles. The molecule has 0 aliphatic heterocycles. The molecule has 2 heteroatoms. The summed E-state index contributed by atoms with van der Waals surface area (Å²) in [5.41, 5.74) is 0. The van der Waals surface area contributed by atoms with Gasteiger partial charge < -0.3 is 5.11 Å². The van der Waals surface area contributed by atoms with Crippen LogP contribution in [0.15, 0.2) is 0 Å². The number of carbonyl (C=O) groups excluding carboxylic acids is 1. The molecule has 0 bridgehead atoms. The van der Waals surface area contributed by atoms with E-state index in [1.807, 2.05) is 0 Å². The van der Waals surface area contributed by atoms with Crippen molar-refractivity contribution in [1.82, 2.24) is 0 Å². The average molecular weight is 269 g/mol. The van der Waals surface area contributed by atoms with Crippen molar-refractivity contribution in [3.8, 4) is 0 Å². The fraction of sp³-hybridized carbons (Fsp3) is 0.882. The van der Waals surface area contributed by atoms with E-state index in [9.17, 15) is 4.79 Å². The average Bonchev–Trinajstić information content (AvgIpc) is 2.43. The van der Waals surface area contributed by atoms with Gasteiger partial charge in [-0.15, -0.1) is 0 Å². The van der Waals surface area contributed by atoms with Crippen LogP contribution in [0.1, 0.15) is 96.8 Å². The zero-order valence-corrected chi connectivity index (χ0v) is 12.8. The lowest BCUT2D eigenvalue weighted by molar-refractivity contribution is -0.118. The number of carbonyl (C=O) groups is 1. The van der Waals surface area contributed by atoms with Gasteiger partial charge in [-0.25, -0.2) is 0 Å². The van der Waals surface area contributed by atoms with Crippen molar-refractivity contribution in [3.05, 3.63) is 6.61 Å². The zero-order valence-electron chi connectivity index (χ0n) is 12.8. The molecule has 2 nitrogen and oxygen atoms in total. The number of Topliss-reactive ketones (excluding diaryl/α,β-unsaturated/α-hetero) is 1. The summed E-state index contributed by atoms with van der Waals surface area (Å²) in [6, 6.07) is 0. The first kappa shape index (κ1) is 18.6. The molecule has 113 valence electrons. The van der Waals surface area contributed by atoms with E-state index < -0.39 is 0 Å². The Morgan fingerprint density at radius 1 is 0.737 bits per heavy atom. The highest BCUT2D eigenvalue weighted by Crippen LogP contribution is 2.12. The summed E-state index contributed by atoms with van der Waals surface area (Å²) in [7, 11) is 0. The smallest absolute Gasteiger partial charge is 0.164 e. The molecule has 0 spiro atoms. The Balaban J connectivity index is 2.97. The van der Waals surface area contributed by atoms with Crippen molar-refractivity contribution in [1.29, 1.82) is 0 Å². The van der Waals surface area contributed by atoms with Crippen LogP contribution in [0.2, 0.25) is 0 Å². The summed E-state index contributed by atoms with van der Waals surface area (Å²) >= 11 is 0. The molecule has 0 rings (SSSR count). The molecule has 0 amide bonds. The molecule has 0 aliphatic rings. The second-order valence-corrected chi connectivity index (χ2v) is 5.59. The van der Waals surface area contributed by atoms with Crippen LogP contribution < -0.4 is 0 Å². The summed E-state index contributed by atoms with van der Waals surface area (Å²) in [6.07, 6.45) is 17.6. The van der Waals surface area contributed by atoms with Gasteiger partial charge in [0.25, 0.3) is 0 Å². The summed E-state index contributed by atoms with van der Waals surface area (Å²) in [4.78, 5) is 10.8. The number of ketones is 1. The molecule has 19 heavy (non-hydrogen) atoms. The van der Waals surface area contributed by atoms with Gasteiger partial charge in [-0.05, 0) is 6.42 Å². The Kier molecular flexibility index (Phi) is 15.4. The van der Waals surface area contributed by atoms with Crippen LogP contribution in [-0.2, 0) is 4.79 Å². The van der Waals surface area contributed by atoms with E-state index in [-0.39, 0.29) is 5.78 Å². The molecular weight excluding hydrogens is 236 g/mol. The largest absolute Gasteiger partial charge is 0.382 e. The first-order valence-electron chi connectivity index (χ1n) is 8.31. The molecular formula is C17H33O2. The second-order valence-electron chi connectivity index (χ2n) is 5.59. The van der Waals surface area contributed by atoms with Crippen LogP contribution in [0.3, 0.4) is 0 Å². The van der Waals surface area contributed by atoms with Crippen LogP contribution in [-0.4, -0.2) is 10.9 Å². The van der Waals surface area contributed by atoms with Gasteiger partial charge in [0.15, 0.2) is 5.78 Å². The summed E-state index contributed by atoms with van der Waals surface area (Å²) in [5.74, 6) is -0.136. The Labute approximate surface area is 120 Å². The van der Waals surface area contributed by atoms with Crippen molar-refractivity contribution < 1.29 is 9.90 Å². The molecule has 0 aromatic heterocycles. The SMILES string of the molecule is CCCCCCCCCCCCCCCC(=O)[CH]O. The fourth-order valence-corrected chi connectivity index (χ4v) is 2.38. The summed E-state index contributed by atoms with van der Waals surface area (Å²) < 4.78 is 0. The molecule has 0 fully saturated rings. The monoisotopic (exact) mass is 269 g/mol. The quantitative estimate of drug-likeness (QED) is 0.394. The molecule has 0 saturated heterocycles. The van der Waals surface area contributed by atoms with E-state index in [1.165, 1.54) is 70.6 Å². The normalized spacial score (nSPS) is 10.8. The molecule has 0 heterocycles. The van der Waals surface area contributed by atoms with Crippen LogP contribution in [0.25, 0.3) is 0 Å². The lowest BCUT2D eigenvalue weighted by atomic mass is 10.0. The third-order valence-electron chi connectivity index (χ3n) is 3.67. The number of aliphatic hydroxyl groups is 1. The number of aliphatic hydroxyl groups excluding tert-OH is 1. The Morgan fingerprint density at radius 3 is 1.47 bits per heavy atom. The van der Waals surface area contributed by atoms with Crippen LogP contribution >= 0.6 is 0 Å². The van der Waals surface area contributed by atoms with Gasteiger partial charge in [0, 0.05) is 6.42 Å². The Morgan fingerprint density at radius 2 is 1.11 bits per heavy atom. The van der Waals surface area contributed by atoms with Crippen LogP contribution in [0.4, 0.5) is 0 Å². The number of hydrogen-bond donors (Lipinski definition) is 1. The highest BCUT2D eigenvalue weighted by molar-refractivity contribution is 5.84. The van der Waals surface area contributed by atoms with Crippen LogP contribution in [0.5, 0.6) is 0 Å². The van der Waals surface area contributed by atoms with E-state index >= 15 is 0 Å². The molecule has 0 aromatic carbocycles. The Bertz CT molecular complexity index is 190. The molecule has 0 aromatic rings.